The van der Waals surface area contributed by atoms with Crippen LogP contribution in [-0.4, -0.2) is 86.2 Å². The molecule has 34 heavy (non-hydrogen) atoms. The summed E-state index contributed by atoms with van der Waals surface area (Å²) in [6, 6.07) is 3.87. The van der Waals surface area contributed by atoms with E-state index >= 15 is 0 Å². The second-order valence-corrected chi connectivity index (χ2v) is 11.2. The first-order chi connectivity index (χ1) is 16.5. The number of aromatic nitrogens is 1. The lowest BCUT2D eigenvalue weighted by atomic mass is 10.2. The first-order valence-corrected chi connectivity index (χ1v) is 14.3. The number of amides is 1. The lowest BCUT2D eigenvalue weighted by Gasteiger charge is -2.30. The molecule has 1 aromatic heterocycles. The molecule has 2 fully saturated rings. The van der Waals surface area contributed by atoms with Gasteiger partial charge in [-0.15, -0.1) is 0 Å². The Kier molecular flexibility index (Phi) is 11.5. The van der Waals surface area contributed by atoms with E-state index in [9.17, 15) is 13.2 Å². The maximum Gasteiger partial charge on any atom is 0.243 e. The predicted molar refractivity (Wildman–Crippen MR) is 135 cm³/mol. The van der Waals surface area contributed by atoms with Crippen LogP contribution in [0.15, 0.2) is 30.6 Å². The molecule has 1 aromatic rings. The SMILES string of the molecule is O=C(C=Cc1cccnc1)NCCCCCS(=O)(=O)N(CCCN1CCOCC1)C1CCCC1. The highest BCUT2D eigenvalue weighted by molar-refractivity contribution is 7.89. The van der Waals surface area contributed by atoms with Gasteiger partial charge < -0.3 is 10.1 Å². The van der Waals surface area contributed by atoms with Gasteiger partial charge in [-0.3, -0.25) is 14.7 Å². The van der Waals surface area contributed by atoms with E-state index in [0.717, 1.165) is 83.4 Å². The summed E-state index contributed by atoms with van der Waals surface area (Å²) in [5.74, 6) is 0.0415. The monoisotopic (exact) mass is 492 g/mol. The Morgan fingerprint density at radius 1 is 1.18 bits per heavy atom. The van der Waals surface area contributed by atoms with Crippen molar-refractivity contribution in [2.24, 2.45) is 0 Å². The van der Waals surface area contributed by atoms with E-state index in [4.69, 9.17) is 4.74 Å². The van der Waals surface area contributed by atoms with Crippen LogP contribution in [0.2, 0.25) is 0 Å². The van der Waals surface area contributed by atoms with Gasteiger partial charge >= 0.3 is 0 Å². The van der Waals surface area contributed by atoms with Crippen molar-refractivity contribution in [3.63, 3.8) is 0 Å². The fourth-order valence-corrected chi connectivity index (χ4v) is 6.51. The Morgan fingerprint density at radius 3 is 2.71 bits per heavy atom. The smallest absolute Gasteiger partial charge is 0.243 e. The van der Waals surface area contributed by atoms with Crippen molar-refractivity contribution in [1.82, 2.24) is 19.5 Å². The molecule has 0 radical (unpaired) electrons. The summed E-state index contributed by atoms with van der Waals surface area (Å²) >= 11 is 0. The summed E-state index contributed by atoms with van der Waals surface area (Å²) < 4.78 is 33.6. The van der Waals surface area contributed by atoms with Crippen molar-refractivity contribution in [3.8, 4) is 0 Å². The summed E-state index contributed by atoms with van der Waals surface area (Å²) in [6.45, 7) is 5.50. The minimum atomic E-state index is -3.27. The molecule has 2 heterocycles. The molecule has 0 unspecified atom stereocenters. The number of sulfonamides is 1. The predicted octanol–water partition coefficient (Wildman–Crippen LogP) is 2.68. The summed E-state index contributed by atoms with van der Waals surface area (Å²) in [5, 5.41) is 2.86. The van der Waals surface area contributed by atoms with Gasteiger partial charge in [0.1, 0.15) is 0 Å². The van der Waals surface area contributed by atoms with E-state index in [1.54, 1.807) is 18.5 Å². The van der Waals surface area contributed by atoms with Crippen LogP contribution in [0.4, 0.5) is 0 Å². The average molecular weight is 493 g/mol. The van der Waals surface area contributed by atoms with E-state index in [0.29, 0.717) is 19.5 Å². The van der Waals surface area contributed by atoms with Crippen LogP contribution in [0.3, 0.4) is 0 Å². The normalized spacial score (nSPS) is 18.1. The molecule has 3 rings (SSSR count). The van der Waals surface area contributed by atoms with Crippen LogP contribution in [0.5, 0.6) is 0 Å². The van der Waals surface area contributed by atoms with E-state index in [1.165, 1.54) is 6.08 Å². The Balaban J connectivity index is 1.35. The number of carbonyl (C=O) groups is 1. The number of unbranched alkanes of at least 4 members (excludes halogenated alkanes) is 2. The summed E-state index contributed by atoms with van der Waals surface area (Å²) in [4.78, 5) is 18.3. The van der Waals surface area contributed by atoms with Crippen LogP contribution < -0.4 is 5.32 Å². The molecule has 1 N–H and O–H groups in total. The Labute approximate surface area is 204 Å². The third-order valence-electron chi connectivity index (χ3n) is 6.54. The number of morpholine rings is 1. The first-order valence-electron chi connectivity index (χ1n) is 12.7. The van der Waals surface area contributed by atoms with Crippen LogP contribution in [0, 0.1) is 0 Å². The molecule has 1 saturated heterocycles. The van der Waals surface area contributed by atoms with Gasteiger partial charge in [0.25, 0.3) is 0 Å². The van der Waals surface area contributed by atoms with Gasteiger partial charge in [0.05, 0.1) is 19.0 Å². The number of pyridine rings is 1. The van der Waals surface area contributed by atoms with Crippen LogP contribution in [0.1, 0.15) is 56.9 Å². The molecular formula is C25H40N4O4S. The van der Waals surface area contributed by atoms with Crippen molar-refractivity contribution < 1.29 is 17.9 Å². The largest absolute Gasteiger partial charge is 0.379 e. The van der Waals surface area contributed by atoms with Crippen molar-refractivity contribution in [2.45, 2.75) is 57.4 Å². The van der Waals surface area contributed by atoms with Gasteiger partial charge in [-0.25, -0.2) is 8.42 Å². The minimum Gasteiger partial charge on any atom is -0.379 e. The molecule has 190 valence electrons. The van der Waals surface area contributed by atoms with Crippen molar-refractivity contribution in [2.75, 3.05) is 51.7 Å². The van der Waals surface area contributed by atoms with E-state index in [-0.39, 0.29) is 17.7 Å². The van der Waals surface area contributed by atoms with Gasteiger partial charge in [-0.05, 0) is 56.4 Å². The molecule has 0 spiro atoms. The number of nitrogens with one attached hydrogen (secondary N) is 1. The topological polar surface area (TPSA) is 91.8 Å². The lowest BCUT2D eigenvalue weighted by molar-refractivity contribution is -0.116. The molecular weight excluding hydrogens is 452 g/mol. The number of hydrogen-bond donors (Lipinski definition) is 1. The molecule has 8 nitrogen and oxygen atoms in total. The van der Waals surface area contributed by atoms with Gasteiger partial charge in [-0.2, -0.15) is 4.31 Å². The molecule has 0 aromatic carbocycles. The third kappa shape index (κ3) is 9.44. The highest BCUT2D eigenvalue weighted by atomic mass is 32.2. The molecule has 1 aliphatic heterocycles. The molecule has 9 heteroatoms. The second-order valence-electron chi connectivity index (χ2n) is 9.14. The van der Waals surface area contributed by atoms with Crippen LogP contribution in [-0.2, 0) is 19.6 Å². The summed E-state index contributed by atoms with van der Waals surface area (Å²) in [7, 11) is -3.27. The van der Waals surface area contributed by atoms with Crippen LogP contribution in [0.25, 0.3) is 6.08 Å². The molecule has 0 atom stereocenters. The summed E-state index contributed by atoms with van der Waals surface area (Å²) in [6.07, 6.45) is 13.8. The molecule has 1 saturated carbocycles. The van der Waals surface area contributed by atoms with Gasteiger partial charge in [-0.1, -0.05) is 25.3 Å². The van der Waals surface area contributed by atoms with E-state index in [1.807, 2.05) is 16.4 Å². The Bertz CT molecular complexity index is 851. The Hall–Kier alpha value is -1.81. The van der Waals surface area contributed by atoms with Gasteiger partial charge in [0, 0.05) is 50.7 Å². The fraction of sp³-hybridized carbons (Fsp3) is 0.680. The first kappa shape index (κ1) is 26.8. The van der Waals surface area contributed by atoms with Gasteiger partial charge in [0.2, 0.25) is 15.9 Å². The molecule has 1 aliphatic carbocycles. The minimum absolute atomic E-state index is 0.149. The van der Waals surface area contributed by atoms with Crippen molar-refractivity contribution in [1.29, 1.82) is 0 Å². The van der Waals surface area contributed by atoms with E-state index in [2.05, 4.69) is 15.2 Å². The number of carbonyl (C=O) groups excluding carboxylic acids is 1. The highest BCUT2D eigenvalue weighted by Crippen LogP contribution is 2.26. The zero-order valence-corrected chi connectivity index (χ0v) is 21.1. The number of nitrogens with zero attached hydrogens (tertiary/aromatic N) is 3. The van der Waals surface area contributed by atoms with Crippen molar-refractivity contribution in [3.05, 3.63) is 36.2 Å². The molecule has 2 aliphatic rings. The Morgan fingerprint density at radius 2 is 1.97 bits per heavy atom. The fourth-order valence-electron chi connectivity index (χ4n) is 4.64. The zero-order chi connectivity index (χ0) is 24.1. The number of hydrogen-bond acceptors (Lipinski definition) is 6. The van der Waals surface area contributed by atoms with Crippen molar-refractivity contribution >= 4 is 22.0 Å². The number of ether oxygens (including phenoxy) is 1. The summed E-state index contributed by atoms with van der Waals surface area (Å²) in [5.41, 5.74) is 0.875. The quantitative estimate of drug-likeness (QED) is 0.317. The van der Waals surface area contributed by atoms with E-state index < -0.39 is 10.0 Å². The van der Waals surface area contributed by atoms with Crippen LogP contribution >= 0.6 is 0 Å². The van der Waals surface area contributed by atoms with Gasteiger partial charge in [0.15, 0.2) is 0 Å². The standard InChI is InChI=1S/C25H40N4O4S/c30-25(12-11-23-8-6-13-26-22-23)27-14-4-1-5-21-34(31,32)29(24-9-2-3-10-24)16-7-15-28-17-19-33-20-18-28/h6,8,11-13,22,24H,1-5,7,9-10,14-21H2,(H,27,30). The lowest BCUT2D eigenvalue weighted by Crippen LogP contribution is -2.43. The average Bonchev–Trinajstić information content (AvgIpc) is 3.38. The zero-order valence-electron chi connectivity index (χ0n) is 20.2. The maximum atomic E-state index is 13.2. The molecule has 0 bridgehead atoms. The number of rotatable bonds is 14. The third-order valence-corrected chi connectivity index (χ3v) is 8.54. The molecule has 1 amide bonds. The second kappa shape index (κ2) is 14.6. The maximum absolute atomic E-state index is 13.2. The highest BCUT2D eigenvalue weighted by Gasteiger charge is 2.31.